The topological polar surface area (TPSA) is 81.7 Å². The van der Waals surface area contributed by atoms with Crippen LogP contribution in [0.15, 0.2) is 0 Å². The predicted molar refractivity (Wildman–Crippen MR) is 58.2 cm³/mol. The van der Waals surface area contributed by atoms with E-state index in [4.69, 9.17) is 4.74 Å². The molecule has 3 rings (SSSR count). The third-order valence-corrected chi connectivity index (χ3v) is 4.29. The second kappa shape index (κ2) is 3.96. The molecule has 1 N–H and O–H groups in total. The van der Waals surface area contributed by atoms with Crippen LogP contribution in [0.4, 0.5) is 4.79 Å². The Hall–Kier alpha value is -1.59. The Balaban J connectivity index is 1.71. The quantitative estimate of drug-likeness (QED) is 0.723. The van der Waals surface area contributed by atoms with Gasteiger partial charge in [0.2, 0.25) is 5.91 Å². The summed E-state index contributed by atoms with van der Waals surface area (Å²) >= 11 is 0. The smallest absolute Gasteiger partial charge is 0.413 e. The zero-order valence-electron chi connectivity index (χ0n) is 10.0. The second-order valence-corrected chi connectivity index (χ2v) is 5.13. The van der Waals surface area contributed by atoms with Crippen LogP contribution in [0.5, 0.6) is 0 Å². The van der Waals surface area contributed by atoms with Gasteiger partial charge >= 0.3 is 12.1 Å². The average Bonchev–Trinajstić information content (AvgIpc) is 2.88. The number of carbonyl (C=O) groups is 3. The Morgan fingerprint density at radius 1 is 1.44 bits per heavy atom. The monoisotopic (exact) mass is 253 g/mol. The highest BCUT2D eigenvalue weighted by molar-refractivity contribution is 5.96. The van der Waals surface area contributed by atoms with E-state index in [1.807, 2.05) is 0 Å². The van der Waals surface area contributed by atoms with Crippen molar-refractivity contribution in [3.05, 3.63) is 0 Å². The zero-order valence-corrected chi connectivity index (χ0v) is 10.0. The standard InChI is InChI=1S/C12H15NO5/c1-2-17-12(16)13-10(14)8-5-3-6-7(4-5)18-11(15)9(6)8/h5-9H,2-4H2,1H3,(H,13,14,16)/t5-,6+,7-,8+,9+/m1/s1. The molecule has 6 nitrogen and oxygen atoms in total. The maximum absolute atomic E-state index is 12.0. The first-order valence-electron chi connectivity index (χ1n) is 6.30. The van der Waals surface area contributed by atoms with Crippen LogP contribution < -0.4 is 5.32 Å². The number of carbonyl (C=O) groups excluding carboxylic acids is 3. The summed E-state index contributed by atoms with van der Waals surface area (Å²) in [6.45, 7) is 1.88. The minimum absolute atomic E-state index is 0.000793. The van der Waals surface area contributed by atoms with Crippen LogP contribution in [0, 0.1) is 23.7 Å². The molecule has 0 spiro atoms. The van der Waals surface area contributed by atoms with Gasteiger partial charge in [0, 0.05) is 5.92 Å². The summed E-state index contributed by atoms with van der Waals surface area (Å²) in [6.07, 6.45) is 0.850. The maximum Gasteiger partial charge on any atom is 0.413 e. The highest BCUT2D eigenvalue weighted by Crippen LogP contribution is 2.57. The molecule has 1 heterocycles. The minimum atomic E-state index is -0.742. The highest BCUT2D eigenvalue weighted by Gasteiger charge is 2.64. The first kappa shape index (κ1) is 11.5. The highest BCUT2D eigenvalue weighted by atomic mass is 16.6. The summed E-state index contributed by atoms with van der Waals surface area (Å²) in [5, 5.41) is 2.20. The Kier molecular flexibility index (Phi) is 2.53. The largest absolute Gasteiger partial charge is 0.462 e. The van der Waals surface area contributed by atoms with Gasteiger partial charge in [-0.25, -0.2) is 4.79 Å². The van der Waals surface area contributed by atoms with Crippen molar-refractivity contribution in [3.8, 4) is 0 Å². The molecule has 0 aromatic carbocycles. The van der Waals surface area contributed by atoms with Crippen molar-refractivity contribution in [1.82, 2.24) is 5.32 Å². The molecule has 2 bridgehead atoms. The van der Waals surface area contributed by atoms with E-state index < -0.39 is 17.9 Å². The van der Waals surface area contributed by atoms with Gasteiger partial charge in [-0.3, -0.25) is 14.9 Å². The molecule has 3 fully saturated rings. The lowest BCUT2D eigenvalue weighted by atomic mass is 9.79. The molecule has 1 saturated heterocycles. The number of esters is 1. The van der Waals surface area contributed by atoms with Gasteiger partial charge in [-0.05, 0) is 25.7 Å². The van der Waals surface area contributed by atoms with E-state index in [1.54, 1.807) is 6.92 Å². The number of hydrogen-bond acceptors (Lipinski definition) is 5. The number of nitrogens with one attached hydrogen (secondary N) is 1. The first-order valence-corrected chi connectivity index (χ1v) is 6.30. The van der Waals surface area contributed by atoms with E-state index in [1.165, 1.54) is 0 Å². The van der Waals surface area contributed by atoms with Crippen molar-refractivity contribution in [2.24, 2.45) is 23.7 Å². The van der Waals surface area contributed by atoms with Crippen LogP contribution in [0.25, 0.3) is 0 Å². The van der Waals surface area contributed by atoms with Crippen LogP contribution >= 0.6 is 0 Å². The molecule has 6 heteroatoms. The molecular weight excluding hydrogens is 238 g/mol. The van der Waals surface area contributed by atoms with Crippen molar-refractivity contribution < 1.29 is 23.9 Å². The number of imide groups is 1. The molecule has 2 aliphatic carbocycles. The second-order valence-electron chi connectivity index (χ2n) is 5.13. The molecule has 0 aromatic heterocycles. The van der Waals surface area contributed by atoms with E-state index in [0.29, 0.717) is 0 Å². The molecule has 18 heavy (non-hydrogen) atoms. The normalized spacial score (nSPS) is 39.6. The summed E-state index contributed by atoms with van der Waals surface area (Å²) < 4.78 is 9.91. The number of ether oxygens (including phenoxy) is 2. The average molecular weight is 253 g/mol. The minimum Gasteiger partial charge on any atom is -0.462 e. The molecule has 2 amide bonds. The third kappa shape index (κ3) is 1.51. The number of rotatable bonds is 2. The van der Waals surface area contributed by atoms with Gasteiger partial charge in [-0.1, -0.05) is 0 Å². The Morgan fingerprint density at radius 2 is 2.22 bits per heavy atom. The summed E-state index contributed by atoms with van der Waals surface area (Å²) in [4.78, 5) is 35.0. The van der Waals surface area contributed by atoms with Gasteiger partial charge in [0.25, 0.3) is 0 Å². The van der Waals surface area contributed by atoms with Crippen molar-refractivity contribution in [2.75, 3.05) is 6.61 Å². The molecule has 2 saturated carbocycles. The molecule has 0 radical (unpaired) electrons. The van der Waals surface area contributed by atoms with Crippen LogP contribution in [-0.2, 0) is 19.1 Å². The fourth-order valence-electron chi connectivity index (χ4n) is 3.71. The van der Waals surface area contributed by atoms with Crippen LogP contribution in [0.2, 0.25) is 0 Å². The maximum atomic E-state index is 12.0. The molecule has 0 aromatic rings. The van der Waals surface area contributed by atoms with Gasteiger partial charge in [0.15, 0.2) is 0 Å². The van der Waals surface area contributed by atoms with Crippen molar-refractivity contribution in [3.63, 3.8) is 0 Å². The van der Waals surface area contributed by atoms with Crippen molar-refractivity contribution in [1.29, 1.82) is 0 Å². The van der Waals surface area contributed by atoms with Crippen LogP contribution in [0.3, 0.4) is 0 Å². The molecule has 1 aliphatic heterocycles. The molecule has 98 valence electrons. The molecule has 3 aliphatic rings. The van der Waals surface area contributed by atoms with Crippen molar-refractivity contribution >= 4 is 18.0 Å². The van der Waals surface area contributed by atoms with E-state index in [-0.39, 0.29) is 36.4 Å². The van der Waals surface area contributed by atoms with E-state index in [2.05, 4.69) is 10.1 Å². The summed E-state index contributed by atoms with van der Waals surface area (Å²) in [7, 11) is 0. The third-order valence-electron chi connectivity index (χ3n) is 4.29. The number of amides is 2. The zero-order chi connectivity index (χ0) is 12.9. The SMILES string of the molecule is CCOC(=O)NC(=O)[C@H]1[C@@H]2C[C@@H]3[C@@H]1C(=O)O[C@@H]3C2. The number of hydrogen-bond donors (Lipinski definition) is 1. The number of fused-ring (bicyclic) bond motifs is 1. The lowest BCUT2D eigenvalue weighted by molar-refractivity contribution is -0.145. The van der Waals surface area contributed by atoms with Gasteiger partial charge in [0.1, 0.15) is 6.10 Å². The fourth-order valence-corrected chi connectivity index (χ4v) is 3.71. The van der Waals surface area contributed by atoms with Crippen LogP contribution in [0.1, 0.15) is 19.8 Å². The van der Waals surface area contributed by atoms with Gasteiger partial charge < -0.3 is 9.47 Å². The lowest BCUT2D eigenvalue weighted by Crippen LogP contribution is -2.42. The summed E-state index contributed by atoms with van der Waals surface area (Å²) in [6, 6.07) is 0. The van der Waals surface area contributed by atoms with Crippen LogP contribution in [-0.4, -0.2) is 30.7 Å². The molecule has 0 unspecified atom stereocenters. The van der Waals surface area contributed by atoms with Gasteiger partial charge in [-0.2, -0.15) is 0 Å². The van der Waals surface area contributed by atoms with E-state index in [0.717, 1.165) is 12.8 Å². The summed E-state index contributed by atoms with van der Waals surface area (Å²) in [5.41, 5.74) is 0. The van der Waals surface area contributed by atoms with Gasteiger partial charge in [0.05, 0.1) is 18.4 Å². The Morgan fingerprint density at radius 3 is 2.94 bits per heavy atom. The number of alkyl carbamates (subject to hydrolysis) is 1. The lowest BCUT2D eigenvalue weighted by Gasteiger charge is -2.22. The Bertz CT molecular complexity index is 419. The van der Waals surface area contributed by atoms with E-state index >= 15 is 0 Å². The fraction of sp³-hybridized carbons (Fsp3) is 0.750. The van der Waals surface area contributed by atoms with E-state index in [9.17, 15) is 14.4 Å². The summed E-state index contributed by atoms with van der Waals surface area (Å²) in [5.74, 6) is -1.14. The van der Waals surface area contributed by atoms with Gasteiger partial charge in [-0.15, -0.1) is 0 Å². The first-order chi connectivity index (χ1) is 8.61. The molecular formula is C12H15NO5. The Labute approximate surface area is 104 Å². The van der Waals surface area contributed by atoms with Crippen molar-refractivity contribution in [2.45, 2.75) is 25.9 Å². The predicted octanol–water partition coefficient (Wildman–Crippen LogP) is 0.457. The molecule has 5 atom stereocenters.